The van der Waals surface area contributed by atoms with E-state index in [2.05, 4.69) is 6.07 Å². The molecule has 0 atom stereocenters. The molecule has 0 radical (unpaired) electrons. The van der Waals surface area contributed by atoms with Crippen molar-refractivity contribution in [3.8, 4) is 11.8 Å². The van der Waals surface area contributed by atoms with E-state index in [-0.39, 0.29) is 5.69 Å². The van der Waals surface area contributed by atoms with Gasteiger partial charge in [0, 0.05) is 12.1 Å². The molecule has 0 fully saturated rings. The molecule has 0 saturated carbocycles. The molecule has 0 amide bonds. The van der Waals surface area contributed by atoms with Crippen molar-refractivity contribution in [3.05, 3.63) is 81.9 Å². The number of allylic oxidation sites excluding steroid dienone is 3. The molecule has 0 aromatic heterocycles. The maximum atomic E-state index is 10.8. The van der Waals surface area contributed by atoms with Crippen molar-refractivity contribution in [2.45, 2.75) is 0 Å². The van der Waals surface area contributed by atoms with Gasteiger partial charge in [0.2, 0.25) is 0 Å². The van der Waals surface area contributed by atoms with Crippen LogP contribution in [-0.2, 0) is 0 Å². The molecule has 2 aromatic carbocycles. The van der Waals surface area contributed by atoms with Gasteiger partial charge in [-0.2, -0.15) is 5.26 Å². The van der Waals surface area contributed by atoms with Gasteiger partial charge in [-0.05, 0) is 29.3 Å². The van der Waals surface area contributed by atoms with Crippen molar-refractivity contribution in [3.63, 3.8) is 0 Å². The molecule has 0 aliphatic rings. The van der Waals surface area contributed by atoms with E-state index in [9.17, 15) is 15.4 Å². The van der Waals surface area contributed by atoms with Crippen LogP contribution in [-0.4, -0.2) is 12.0 Å². The van der Waals surface area contributed by atoms with Gasteiger partial charge in [-0.1, -0.05) is 36.4 Å². The maximum Gasteiger partial charge on any atom is 0.270 e. The van der Waals surface area contributed by atoms with Gasteiger partial charge in [0.05, 0.1) is 23.7 Å². The molecule has 0 aliphatic heterocycles. The maximum absolute atomic E-state index is 10.8. The molecule has 0 heterocycles. The lowest BCUT2D eigenvalue weighted by atomic mass is 10.1. The monoisotopic (exact) mass is 306 g/mol. The van der Waals surface area contributed by atoms with E-state index in [0.717, 1.165) is 11.3 Å². The third-order valence-corrected chi connectivity index (χ3v) is 3.16. The summed E-state index contributed by atoms with van der Waals surface area (Å²) in [6, 6.07) is 15.5. The second kappa shape index (κ2) is 7.57. The molecule has 0 spiro atoms. The SMILES string of the molecule is COc1ccc(/C=C/C=C(\C#N)c2cccc([N+](=O)[O-])c2)cc1. The molecule has 2 aromatic rings. The molecule has 0 N–H and O–H groups in total. The number of nitrogens with zero attached hydrogens (tertiary/aromatic N) is 2. The topological polar surface area (TPSA) is 76.2 Å². The zero-order valence-corrected chi connectivity index (χ0v) is 12.5. The summed E-state index contributed by atoms with van der Waals surface area (Å²) < 4.78 is 5.08. The molecule has 5 heteroatoms. The van der Waals surface area contributed by atoms with Crippen LogP contribution in [0.1, 0.15) is 11.1 Å². The quantitative estimate of drug-likeness (QED) is 0.358. The van der Waals surface area contributed by atoms with Crippen molar-refractivity contribution in [1.82, 2.24) is 0 Å². The van der Waals surface area contributed by atoms with Gasteiger partial charge in [0.15, 0.2) is 0 Å². The van der Waals surface area contributed by atoms with Crippen LogP contribution in [0.4, 0.5) is 5.69 Å². The number of nitro groups is 1. The molecule has 0 unspecified atom stereocenters. The van der Waals surface area contributed by atoms with Gasteiger partial charge in [-0.15, -0.1) is 0 Å². The summed E-state index contributed by atoms with van der Waals surface area (Å²) in [5.41, 5.74) is 1.79. The Kier molecular flexibility index (Phi) is 5.26. The predicted octanol–water partition coefficient (Wildman–Crippen LogP) is 4.22. The number of nitro benzene ring substituents is 1. The van der Waals surface area contributed by atoms with Crippen LogP contribution in [0.15, 0.2) is 60.7 Å². The number of non-ortho nitro benzene ring substituents is 1. The summed E-state index contributed by atoms with van der Waals surface area (Å²) in [7, 11) is 1.60. The van der Waals surface area contributed by atoms with E-state index in [1.807, 2.05) is 30.3 Å². The van der Waals surface area contributed by atoms with E-state index in [1.165, 1.54) is 12.1 Å². The van der Waals surface area contributed by atoms with Gasteiger partial charge in [0.1, 0.15) is 5.75 Å². The minimum Gasteiger partial charge on any atom is -0.497 e. The molecular formula is C18H14N2O3. The standard InChI is InChI=1S/C18H14N2O3/c1-23-18-10-8-14(9-11-18)4-2-6-16(13-19)15-5-3-7-17(12-15)20(21)22/h2-12H,1H3/b4-2+,16-6+. The Balaban J connectivity index is 2.21. The first-order valence-corrected chi connectivity index (χ1v) is 6.81. The van der Waals surface area contributed by atoms with Crippen molar-refractivity contribution >= 4 is 17.3 Å². The Morgan fingerprint density at radius 3 is 2.61 bits per heavy atom. The highest BCUT2D eigenvalue weighted by atomic mass is 16.6. The number of hydrogen-bond donors (Lipinski definition) is 0. The number of benzene rings is 2. The first kappa shape index (κ1) is 16.0. The zero-order chi connectivity index (χ0) is 16.7. The summed E-state index contributed by atoms with van der Waals surface area (Å²) in [6.45, 7) is 0. The summed E-state index contributed by atoms with van der Waals surface area (Å²) >= 11 is 0. The molecule has 2 rings (SSSR count). The Labute approximate surface area is 133 Å². The van der Waals surface area contributed by atoms with Crippen molar-refractivity contribution in [2.75, 3.05) is 7.11 Å². The van der Waals surface area contributed by atoms with Gasteiger partial charge in [-0.3, -0.25) is 10.1 Å². The third kappa shape index (κ3) is 4.29. The molecular weight excluding hydrogens is 292 g/mol. The minimum absolute atomic E-state index is 0.0391. The van der Waals surface area contributed by atoms with Crippen LogP contribution in [0.3, 0.4) is 0 Å². The number of rotatable bonds is 5. The first-order chi connectivity index (χ1) is 11.1. The highest BCUT2D eigenvalue weighted by Crippen LogP contribution is 2.20. The van der Waals surface area contributed by atoms with E-state index < -0.39 is 4.92 Å². The highest BCUT2D eigenvalue weighted by molar-refractivity contribution is 5.79. The first-order valence-electron chi connectivity index (χ1n) is 6.81. The molecule has 0 saturated heterocycles. The fourth-order valence-corrected chi connectivity index (χ4v) is 1.96. The zero-order valence-electron chi connectivity index (χ0n) is 12.5. The number of hydrogen-bond acceptors (Lipinski definition) is 4. The second-order valence-electron chi connectivity index (χ2n) is 4.63. The van der Waals surface area contributed by atoms with Crippen LogP contribution in [0.2, 0.25) is 0 Å². The highest BCUT2D eigenvalue weighted by Gasteiger charge is 2.07. The molecule has 0 aliphatic carbocycles. The summed E-state index contributed by atoms with van der Waals surface area (Å²) in [5.74, 6) is 0.770. The summed E-state index contributed by atoms with van der Waals surface area (Å²) in [5, 5.41) is 20.0. The lowest BCUT2D eigenvalue weighted by Crippen LogP contribution is -1.89. The Hall–Kier alpha value is -3.39. The van der Waals surface area contributed by atoms with E-state index in [1.54, 1.807) is 31.4 Å². The van der Waals surface area contributed by atoms with E-state index >= 15 is 0 Å². The van der Waals surface area contributed by atoms with Crippen molar-refractivity contribution in [2.24, 2.45) is 0 Å². The average molecular weight is 306 g/mol. The molecule has 23 heavy (non-hydrogen) atoms. The third-order valence-electron chi connectivity index (χ3n) is 3.16. The van der Waals surface area contributed by atoms with Crippen molar-refractivity contribution < 1.29 is 9.66 Å². The van der Waals surface area contributed by atoms with Crippen LogP contribution in [0.5, 0.6) is 5.75 Å². The number of nitriles is 1. The predicted molar refractivity (Wildman–Crippen MR) is 88.7 cm³/mol. The summed E-state index contributed by atoms with van der Waals surface area (Å²) in [4.78, 5) is 10.3. The Morgan fingerprint density at radius 1 is 1.26 bits per heavy atom. The van der Waals surface area contributed by atoms with Gasteiger partial charge < -0.3 is 4.74 Å². The fraction of sp³-hybridized carbons (Fsp3) is 0.0556. The van der Waals surface area contributed by atoms with Crippen LogP contribution in [0.25, 0.3) is 11.6 Å². The average Bonchev–Trinajstić information content (AvgIpc) is 2.59. The largest absolute Gasteiger partial charge is 0.497 e. The smallest absolute Gasteiger partial charge is 0.270 e. The second-order valence-corrected chi connectivity index (χ2v) is 4.63. The Morgan fingerprint density at radius 2 is 2.00 bits per heavy atom. The molecule has 0 bridgehead atoms. The van der Waals surface area contributed by atoms with E-state index in [0.29, 0.717) is 11.1 Å². The summed E-state index contributed by atoms with van der Waals surface area (Å²) in [6.07, 6.45) is 5.20. The van der Waals surface area contributed by atoms with Gasteiger partial charge >= 0.3 is 0 Å². The van der Waals surface area contributed by atoms with Crippen molar-refractivity contribution in [1.29, 1.82) is 5.26 Å². The normalized spacial score (nSPS) is 11.2. The lowest BCUT2D eigenvalue weighted by Gasteiger charge is -1.99. The van der Waals surface area contributed by atoms with Crippen LogP contribution < -0.4 is 4.74 Å². The Bertz CT molecular complexity index is 800. The minimum atomic E-state index is -0.480. The van der Waals surface area contributed by atoms with Gasteiger partial charge in [-0.25, -0.2) is 0 Å². The molecule has 5 nitrogen and oxygen atoms in total. The van der Waals surface area contributed by atoms with Crippen LogP contribution in [0, 0.1) is 21.4 Å². The number of ether oxygens (including phenoxy) is 1. The van der Waals surface area contributed by atoms with Gasteiger partial charge in [0.25, 0.3) is 5.69 Å². The fourth-order valence-electron chi connectivity index (χ4n) is 1.96. The number of methoxy groups -OCH3 is 1. The van der Waals surface area contributed by atoms with E-state index in [4.69, 9.17) is 4.74 Å². The lowest BCUT2D eigenvalue weighted by molar-refractivity contribution is -0.384. The van der Waals surface area contributed by atoms with Crippen LogP contribution >= 0.6 is 0 Å². The molecule has 114 valence electrons.